The van der Waals surface area contributed by atoms with Crippen LogP contribution in [0.25, 0.3) is 5.65 Å². The summed E-state index contributed by atoms with van der Waals surface area (Å²) in [5.41, 5.74) is 2.93. The molecule has 0 atom stereocenters. The lowest BCUT2D eigenvalue weighted by molar-refractivity contribution is 0.124. The van der Waals surface area contributed by atoms with Gasteiger partial charge in [-0.15, -0.1) is 10.2 Å². The third kappa shape index (κ3) is 4.35. The van der Waals surface area contributed by atoms with E-state index in [4.69, 9.17) is 27.9 Å². The molecule has 0 spiro atoms. The Morgan fingerprint density at radius 3 is 2.46 bits per heavy atom. The van der Waals surface area contributed by atoms with Crippen LogP contribution in [0.1, 0.15) is 61.4 Å². The van der Waals surface area contributed by atoms with E-state index < -0.39 is 0 Å². The Morgan fingerprint density at radius 1 is 0.964 bits per heavy atom. The molecule has 148 valence electrons. The van der Waals surface area contributed by atoms with Gasteiger partial charge in [0.2, 0.25) is 0 Å². The van der Waals surface area contributed by atoms with Gasteiger partial charge in [0.05, 0.1) is 13.2 Å². The van der Waals surface area contributed by atoms with Gasteiger partial charge in [-0.3, -0.25) is 4.40 Å². The SMILES string of the molecule is Clc1cccc(Cl)c1COCCc1cccn2c(C3CCCCCC3)nnc12. The number of benzene rings is 1. The standard InChI is InChI=1S/C22H25Cl2N3O/c23-19-10-5-11-20(24)18(19)15-28-14-12-17-9-6-13-27-21(25-26-22(17)27)16-7-3-1-2-4-8-16/h5-6,9-11,13,16H,1-4,7-8,12,14-15H2. The highest BCUT2D eigenvalue weighted by Gasteiger charge is 2.20. The van der Waals surface area contributed by atoms with Gasteiger partial charge in [0.15, 0.2) is 5.65 Å². The van der Waals surface area contributed by atoms with Gasteiger partial charge in [-0.1, -0.05) is 61.0 Å². The molecule has 1 aliphatic carbocycles. The molecule has 3 aromatic rings. The first-order chi connectivity index (χ1) is 13.7. The van der Waals surface area contributed by atoms with Crippen molar-refractivity contribution in [1.82, 2.24) is 14.6 Å². The van der Waals surface area contributed by atoms with Gasteiger partial charge in [-0.05, 0) is 43.0 Å². The van der Waals surface area contributed by atoms with E-state index in [-0.39, 0.29) is 0 Å². The van der Waals surface area contributed by atoms with Crippen molar-refractivity contribution in [1.29, 1.82) is 0 Å². The zero-order valence-electron chi connectivity index (χ0n) is 15.9. The van der Waals surface area contributed by atoms with Crippen molar-refractivity contribution >= 4 is 28.8 Å². The molecule has 6 heteroatoms. The van der Waals surface area contributed by atoms with Crippen molar-refractivity contribution in [2.24, 2.45) is 0 Å². The molecule has 2 aromatic heterocycles. The van der Waals surface area contributed by atoms with E-state index in [0.29, 0.717) is 29.2 Å². The highest BCUT2D eigenvalue weighted by Crippen LogP contribution is 2.31. The summed E-state index contributed by atoms with van der Waals surface area (Å²) in [5.74, 6) is 1.63. The molecule has 1 fully saturated rings. The predicted octanol–water partition coefficient (Wildman–Crippen LogP) is 6.23. The molecule has 1 saturated carbocycles. The highest BCUT2D eigenvalue weighted by molar-refractivity contribution is 6.35. The highest BCUT2D eigenvalue weighted by atomic mass is 35.5. The zero-order valence-corrected chi connectivity index (χ0v) is 17.4. The molecular weight excluding hydrogens is 393 g/mol. The van der Waals surface area contributed by atoms with E-state index in [0.717, 1.165) is 29.0 Å². The largest absolute Gasteiger partial charge is 0.376 e. The summed E-state index contributed by atoms with van der Waals surface area (Å²) in [6.07, 6.45) is 10.5. The number of aromatic nitrogens is 3. The van der Waals surface area contributed by atoms with Crippen molar-refractivity contribution in [3.63, 3.8) is 0 Å². The minimum atomic E-state index is 0.404. The molecule has 0 radical (unpaired) electrons. The monoisotopic (exact) mass is 417 g/mol. The topological polar surface area (TPSA) is 39.4 Å². The van der Waals surface area contributed by atoms with Gasteiger partial charge in [-0.2, -0.15) is 0 Å². The fourth-order valence-electron chi connectivity index (χ4n) is 4.03. The summed E-state index contributed by atoms with van der Waals surface area (Å²) in [6.45, 7) is 0.981. The minimum absolute atomic E-state index is 0.404. The Kier molecular flexibility index (Phi) is 6.50. The Balaban J connectivity index is 1.43. The molecule has 2 heterocycles. The lowest BCUT2D eigenvalue weighted by Crippen LogP contribution is -2.05. The number of nitrogens with zero attached hydrogens (tertiary/aromatic N) is 3. The minimum Gasteiger partial charge on any atom is -0.376 e. The van der Waals surface area contributed by atoms with Crippen molar-refractivity contribution < 1.29 is 4.74 Å². The number of hydrogen-bond donors (Lipinski definition) is 0. The van der Waals surface area contributed by atoms with Crippen molar-refractivity contribution in [3.05, 3.63) is 63.5 Å². The van der Waals surface area contributed by atoms with Crippen molar-refractivity contribution in [3.8, 4) is 0 Å². The number of pyridine rings is 1. The predicted molar refractivity (Wildman–Crippen MR) is 113 cm³/mol. The number of ether oxygens (including phenoxy) is 1. The van der Waals surface area contributed by atoms with Crippen LogP contribution in [0.2, 0.25) is 10.0 Å². The van der Waals surface area contributed by atoms with Gasteiger partial charge in [0.1, 0.15) is 5.82 Å². The van der Waals surface area contributed by atoms with Crippen LogP contribution in [0.4, 0.5) is 0 Å². The maximum Gasteiger partial charge on any atom is 0.164 e. The van der Waals surface area contributed by atoms with Crippen LogP contribution in [-0.2, 0) is 17.8 Å². The number of hydrogen-bond acceptors (Lipinski definition) is 3. The molecule has 4 rings (SSSR count). The average Bonchev–Trinajstić information content (AvgIpc) is 2.95. The quantitative estimate of drug-likeness (QED) is 0.352. The summed E-state index contributed by atoms with van der Waals surface area (Å²) < 4.78 is 8.02. The summed E-state index contributed by atoms with van der Waals surface area (Å²) in [7, 11) is 0. The third-order valence-corrected chi connectivity index (χ3v) is 6.29. The zero-order chi connectivity index (χ0) is 19.3. The molecule has 1 aromatic carbocycles. The van der Waals surface area contributed by atoms with E-state index in [9.17, 15) is 0 Å². The number of halogens is 2. The fraction of sp³-hybridized carbons (Fsp3) is 0.455. The summed E-state index contributed by atoms with van der Waals surface area (Å²) in [4.78, 5) is 0. The maximum absolute atomic E-state index is 6.21. The van der Waals surface area contributed by atoms with Gasteiger partial charge >= 0.3 is 0 Å². The van der Waals surface area contributed by atoms with Gasteiger partial charge < -0.3 is 4.74 Å². The number of fused-ring (bicyclic) bond motifs is 1. The van der Waals surface area contributed by atoms with E-state index in [1.54, 1.807) is 0 Å². The average molecular weight is 418 g/mol. The van der Waals surface area contributed by atoms with E-state index in [1.807, 2.05) is 18.2 Å². The van der Waals surface area contributed by atoms with Crippen LogP contribution < -0.4 is 0 Å². The first kappa shape index (κ1) is 19.7. The number of rotatable bonds is 6. The van der Waals surface area contributed by atoms with E-state index >= 15 is 0 Å². The second kappa shape index (κ2) is 9.25. The Bertz CT molecular complexity index is 912. The molecule has 1 aliphatic rings. The van der Waals surface area contributed by atoms with Crippen LogP contribution in [0, 0.1) is 0 Å². The lowest BCUT2D eigenvalue weighted by Gasteiger charge is -2.12. The van der Waals surface area contributed by atoms with Crippen LogP contribution >= 0.6 is 23.2 Å². The van der Waals surface area contributed by atoms with E-state index in [1.165, 1.54) is 38.5 Å². The van der Waals surface area contributed by atoms with Crippen LogP contribution in [0.3, 0.4) is 0 Å². The van der Waals surface area contributed by atoms with Gasteiger partial charge in [-0.25, -0.2) is 0 Å². The molecule has 0 bridgehead atoms. The summed E-state index contributed by atoms with van der Waals surface area (Å²) >= 11 is 12.4. The fourth-order valence-corrected chi connectivity index (χ4v) is 4.53. The Morgan fingerprint density at radius 2 is 1.71 bits per heavy atom. The second-order valence-electron chi connectivity index (χ2n) is 7.48. The van der Waals surface area contributed by atoms with Gasteiger partial charge in [0, 0.05) is 27.7 Å². The Hall–Kier alpha value is -1.62. The summed E-state index contributed by atoms with van der Waals surface area (Å²) in [5, 5.41) is 10.3. The maximum atomic E-state index is 6.21. The molecule has 0 N–H and O–H groups in total. The third-order valence-electron chi connectivity index (χ3n) is 5.59. The second-order valence-corrected chi connectivity index (χ2v) is 8.29. The van der Waals surface area contributed by atoms with Crippen LogP contribution in [0.5, 0.6) is 0 Å². The first-order valence-corrected chi connectivity index (χ1v) is 10.8. The van der Waals surface area contributed by atoms with Crippen molar-refractivity contribution in [2.75, 3.05) is 6.61 Å². The molecular formula is C22H25Cl2N3O. The first-order valence-electron chi connectivity index (χ1n) is 10.1. The molecule has 0 unspecified atom stereocenters. The van der Waals surface area contributed by atoms with E-state index in [2.05, 4.69) is 32.9 Å². The lowest BCUT2D eigenvalue weighted by atomic mass is 9.99. The molecule has 0 amide bonds. The smallest absolute Gasteiger partial charge is 0.164 e. The van der Waals surface area contributed by atoms with Crippen molar-refractivity contribution in [2.45, 2.75) is 57.5 Å². The molecule has 0 aliphatic heterocycles. The normalized spacial score (nSPS) is 15.8. The molecule has 4 nitrogen and oxygen atoms in total. The molecule has 28 heavy (non-hydrogen) atoms. The van der Waals surface area contributed by atoms with Gasteiger partial charge in [0.25, 0.3) is 0 Å². The summed E-state index contributed by atoms with van der Waals surface area (Å²) in [6, 6.07) is 9.69. The van der Waals surface area contributed by atoms with Crippen LogP contribution in [0.15, 0.2) is 36.5 Å². The Labute approximate surface area is 175 Å². The molecule has 0 saturated heterocycles. The van der Waals surface area contributed by atoms with Crippen LogP contribution in [-0.4, -0.2) is 21.2 Å².